The molecule has 0 spiro atoms. The summed E-state index contributed by atoms with van der Waals surface area (Å²) in [5.74, 6) is 0.965. The Hall–Kier alpha value is -1.09. The standard InChI is InChI=1S/C13H20N2O/c1-3-9-14-13(8-1)15-10-5-7-12-6-2-4-11-16-12/h1,3,8-9,12H,2,4-7,10-11H2,(H,14,15)/t12-/m0/s1. The van der Waals surface area contributed by atoms with Gasteiger partial charge in [0.15, 0.2) is 0 Å². The highest BCUT2D eigenvalue weighted by Crippen LogP contribution is 2.16. The molecule has 1 aliphatic rings. The van der Waals surface area contributed by atoms with E-state index in [0.29, 0.717) is 6.10 Å². The Morgan fingerprint density at radius 1 is 1.38 bits per heavy atom. The largest absolute Gasteiger partial charge is 0.378 e. The van der Waals surface area contributed by atoms with Crippen LogP contribution in [0, 0.1) is 0 Å². The molecule has 1 fully saturated rings. The zero-order valence-electron chi connectivity index (χ0n) is 9.69. The number of rotatable bonds is 5. The molecule has 0 saturated carbocycles. The zero-order chi connectivity index (χ0) is 11.1. The molecule has 88 valence electrons. The molecular weight excluding hydrogens is 200 g/mol. The number of pyridine rings is 1. The number of hydrogen-bond acceptors (Lipinski definition) is 3. The SMILES string of the molecule is c1ccc(NCCC[C@@H]2CCCCO2)nc1. The molecule has 1 N–H and O–H groups in total. The highest BCUT2D eigenvalue weighted by atomic mass is 16.5. The second-order valence-corrected chi connectivity index (χ2v) is 4.27. The van der Waals surface area contributed by atoms with Crippen LogP contribution in [0.2, 0.25) is 0 Å². The summed E-state index contributed by atoms with van der Waals surface area (Å²) < 4.78 is 5.69. The first-order chi connectivity index (χ1) is 7.95. The van der Waals surface area contributed by atoms with Crippen LogP contribution in [0.3, 0.4) is 0 Å². The lowest BCUT2D eigenvalue weighted by molar-refractivity contribution is 0.0107. The molecule has 3 nitrogen and oxygen atoms in total. The minimum absolute atomic E-state index is 0.499. The van der Waals surface area contributed by atoms with Gasteiger partial charge in [-0.3, -0.25) is 0 Å². The van der Waals surface area contributed by atoms with E-state index in [-0.39, 0.29) is 0 Å². The van der Waals surface area contributed by atoms with Gasteiger partial charge in [0.2, 0.25) is 0 Å². The van der Waals surface area contributed by atoms with Gasteiger partial charge in [0.1, 0.15) is 5.82 Å². The summed E-state index contributed by atoms with van der Waals surface area (Å²) in [6.07, 6.45) is 8.44. The van der Waals surface area contributed by atoms with Crippen molar-refractivity contribution in [3.8, 4) is 0 Å². The molecule has 0 aliphatic carbocycles. The maximum Gasteiger partial charge on any atom is 0.125 e. The summed E-state index contributed by atoms with van der Waals surface area (Å²) in [5, 5.41) is 3.32. The molecule has 0 aromatic carbocycles. The quantitative estimate of drug-likeness (QED) is 0.775. The molecule has 0 amide bonds. The summed E-state index contributed by atoms with van der Waals surface area (Å²) in [4.78, 5) is 4.22. The van der Waals surface area contributed by atoms with Crippen LogP contribution in [0.4, 0.5) is 5.82 Å². The van der Waals surface area contributed by atoms with Crippen LogP contribution in [0.1, 0.15) is 32.1 Å². The van der Waals surface area contributed by atoms with Gasteiger partial charge in [-0.2, -0.15) is 0 Å². The Labute approximate surface area is 97.2 Å². The first-order valence-electron chi connectivity index (χ1n) is 6.21. The van der Waals surface area contributed by atoms with E-state index in [4.69, 9.17) is 4.74 Å². The average molecular weight is 220 g/mol. The Morgan fingerprint density at radius 3 is 3.12 bits per heavy atom. The first-order valence-corrected chi connectivity index (χ1v) is 6.21. The van der Waals surface area contributed by atoms with E-state index in [1.54, 1.807) is 0 Å². The van der Waals surface area contributed by atoms with E-state index in [1.807, 2.05) is 24.4 Å². The normalized spacial score (nSPS) is 20.6. The summed E-state index contributed by atoms with van der Waals surface area (Å²) in [5.41, 5.74) is 0. The minimum Gasteiger partial charge on any atom is -0.378 e. The fourth-order valence-corrected chi connectivity index (χ4v) is 2.05. The van der Waals surface area contributed by atoms with Crippen LogP contribution in [0.15, 0.2) is 24.4 Å². The highest BCUT2D eigenvalue weighted by molar-refractivity contribution is 5.32. The van der Waals surface area contributed by atoms with Crippen LogP contribution < -0.4 is 5.32 Å². The second kappa shape index (κ2) is 6.48. The van der Waals surface area contributed by atoms with Crippen LogP contribution >= 0.6 is 0 Å². The van der Waals surface area contributed by atoms with Crippen LogP contribution in [-0.2, 0) is 4.74 Å². The van der Waals surface area contributed by atoms with Gasteiger partial charge in [0.05, 0.1) is 6.10 Å². The summed E-state index contributed by atoms with van der Waals surface area (Å²) in [6, 6.07) is 5.93. The molecule has 2 heterocycles. The van der Waals surface area contributed by atoms with Gasteiger partial charge in [-0.25, -0.2) is 4.98 Å². The lowest BCUT2D eigenvalue weighted by atomic mass is 10.0. The topological polar surface area (TPSA) is 34.1 Å². The Morgan fingerprint density at radius 2 is 2.38 bits per heavy atom. The second-order valence-electron chi connectivity index (χ2n) is 4.27. The van der Waals surface area contributed by atoms with Crippen LogP contribution in [0.5, 0.6) is 0 Å². The van der Waals surface area contributed by atoms with E-state index in [2.05, 4.69) is 10.3 Å². The van der Waals surface area contributed by atoms with Crippen molar-refractivity contribution in [1.29, 1.82) is 0 Å². The number of nitrogens with one attached hydrogen (secondary N) is 1. The highest BCUT2D eigenvalue weighted by Gasteiger charge is 2.12. The molecule has 2 rings (SSSR count). The van der Waals surface area contributed by atoms with E-state index in [0.717, 1.165) is 25.4 Å². The zero-order valence-corrected chi connectivity index (χ0v) is 9.69. The van der Waals surface area contributed by atoms with Crippen molar-refractivity contribution in [2.24, 2.45) is 0 Å². The fraction of sp³-hybridized carbons (Fsp3) is 0.615. The van der Waals surface area contributed by atoms with Crippen LogP contribution in [0.25, 0.3) is 0 Å². The summed E-state index contributed by atoms with van der Waals surface area (Å²) >= 11 is 0. The Kier molecular flexibility index (Phi) is 4.62. The number of ether oxygens (including phenoxy) is 1. The van der Waals surface area contributed by atoms with Crippen molar-refractivity contribution in [2.75, 3.05) is 18.5 Å². The van der Waals surface area contributed by atoms with Crippen molar-refractivity contribution < 1.29 is 4.74 Å². The number of aromatic nitrogens is 1. The molecule has 1 aromatic rings. The van der Waals surface area contributed by atoms with Gasteiger partial charge in [-0.05, 0) is 44.2 Å². The van der Waals surface area contributed by atoms with E-state index < -0.39 is 0 Å². The Bertz CT molecular complexity index is 283. The molecule has 1 aliphatic heterocycles. The van der Waals surface area contributed by atoms with Crippen molar-refractivity contribution in [1.82, 2.24) is 4.98 Å². The molecule has 1 saturated heterocycles. The lowest BCUT2D eigenvalue weighted by Gasteiger charge is -2.22. The first kappa shape index (κ1) is 11.4. The maximum absolute atomic E-state index is 5.69. The predicted molar refractivity (Wildman–Crippen MR) is 65.6 cm³/mol. The van der Waals surface area contributed by atoms with Crippen molar-refractivity contribution >= 4 is 5.82 Å². The van der Waals surface area contributed by atoms with Gasteiger partial charge in [0, 0.05) is 19.3 Å². The molecular formula is C13H20N2O. The number of nitrogens with zero attached hydrogens (tertiary/aromatic N) is 1. The summed E-state index contributed by atoms with van der Waals surface area (Å²) in [7, 11) is 0. The summed E-state index contributed by atoms with van der Waals surface area (Å²) in [6.45, 7) is 1.94. The van der Waals surface area contributed by atoms with Crippen molar-refractivity contribution in [3.05, 3.63) is 24.4 Å². The predicted octanol–water partition coefficient (Wildman–Crippen LogP) is 2.84. The third-order valence-electron chi connectivity index (χ3n) is 2.95. The fourth-order valence-electron chi connectivity index (χ4n) is 2.05. The van der Waals surface area contributed by atoms with Gasteiger partial charge in [0.25, 0.3) is 0 Å². The van der Waals surface area contributed by atoms with Gasteiger partial charge in [-0.15, -0.1) is 0 Å². The minimum atomic E-state index is 0.499. The third-order valence-corrected chi connectivity index (χ3v) is 2.95. The van der Waals surface area contributed by atoms with Gasteiger partial charge >= 0.3 is 0 Å². The van der Waals surface area contributed by atoms with E-state index >= 15 is 0 Å². The van der Waals surface area contributed by atoms with E-state index in [1.165, 1.54) is 25.7 Å². The maximum atomic E-state index is 5.69. The smallest absolute Gasteiger partial charge is 0.125 e. The molecule has 16 heavy (non-hydrogen) atoms. The molecule has 0 unspecified atom stereocenters. The van der Waals surface area contributed by atoms with Crippen molar-refractivity contribution in [2.45, 2.75) is 38.2 Å². The lowest BCUT2D eigenvalue weighted by Crippen LogP contribution is -2.19. The van der Waals surface area contributed by atoms with Crippen LogP contribution in [-0.4, -0.2) is 24.2 Å². The molecule has 1 aromatic heterocycles. The molecule has 3 heteroatoms. The van der Waals surface area contributed by atoms with E-state index in [9.17, 15) is 0 Å². The third kappa shape index (κ3) is 3.81. The van der Waals surface area contributed by atoms with Crippen molar-refractivity contribution in [3.63, 3.8) is 0 Å². The van der Waals surface area contributed by atoms with Gasteiger partial charge < -0.3 is 10.1 Å². The average Bonchev–Trinajstić information content (AvgIpc) is 2.37. The number of anilines is 1. The Balaban J connectivity index is 1.58. The van der Waals surface area contributed by atoms with Gasteiger partial charge in [-0.1, -0.05) is 6.07 Å². The molecule has 0 bridgehead atoms. The number of hydrogen-bond donors (Lipinski definition) is 1. The molecule has 0 radical (unpaired) electrons. The monoisotopic (exact) mass is 220 g/mol. The molecule has 1 atom stereocenters.